The SMILES string of the molecule is Cn1c(=O)n(-c2nc(C(=O)Nc3cnccc3N3CCCN(C(=O)OC(C)(C)C)CC3)cs2)c2ccccc21. The van der Waals surface area contributed by atoms with Crippen LogP contribution in [0, 0.1) is 0 Å². The van der Waals surface area contributed by atoms with Crippen LogP contribution in [-0.4, -0.2) is 67.8 Å². The van der Waals surface area contributed by atoms with Gasteiger partial charge < -0.3 is 19.9 Å². The van der Waals surface area contributed by atoms with Gasteiger partial charge in [0.15, 0.2) is 5.13 Å². The van der Waals surface area contributed by atoms with E-state index in [2.05, 4.69) is 20.2 Å². The van der Waals surface area contributed by atoms with Crippen molar-refractivity contribution in [2.24, 2.45) is 7.05 Å². The molecule has 2 amide bonds. The van der Waals surface area contributed by atoms with Crippen LogP contribution in [0.1, 0.15) is 37.7 Å². The second-order valence-electron chi connectivity index (χ2n) is 10.3. The summed E-state index contributed by atoms with van der Waals surface area (Å²) in [5.74, 6) is -0.398. The lowest BCUT2D eigenvalue weighted by Crippen LogP contribution is -2.39. The number of fused-ring (bicyclic) bond motifs is 1. The van der Waals surface area contributed by atoms with Crippen LogP contribution >= 0.6 is 11.3 Å². The Bertz CT molecular complexity index is 1580. The third-order valence-electron chi connectivity index (χ3n) is 6.41. The first kappa shape index (κ1) is 26.4. The van der Waals surface area contributed by atoms with Gasteiger partial charge in [-0.2, -0.15) is 0 Å². The molecule has 0 bridgehead atoms. The number of rotatable bonds is 4. The Labute approximate surface area is 229 Å². The molecule has 204 valence electrons. The van der Waals surface area contributed by atoms with Crippen molar-refractivity contribution >= 4 is 45.7 Å². The largest absolute Gasteiger partial charge is 0.444 e. The van der Waals surface area contributed by atoms with E-state index in [4.69, 9.17) is 4.74 Å². The number of pyridine rings is 1. The summed E-state index contributed by atoms with van der Waals surface area (Å²) in [5.41, 5.74) is 2.29. The average molecular weight is 550 g/mol. The second kappa shape index (κ2) is 10.5. The number of anilines is 2. The summed E-state index contributed by atoms with van der Waals surface area (Å²) in [6, 6.07) is 9.30. The maximum atomic E-state index is 13.2. The number of aryl methyl sites for hydroxylation is 1. The lowest BCUT2D eigenvalue weighted by Gasteiger charge is -2.27. The van der Waals surface area contributed by atoms with Gasteiger partial charge >= 0.3 is 11.8 Å². The quantitative estimate of drug-likeness (QED) is 0.411. The van der Waals surface area contributed by atoms with Gasteiger partial charge in [0.2, 0.25) is 0 Å². The maximum Gasteiger partial charge on any atom is 0.410 e. The first-order chi connectivity index (χ1) is 18.6. The molecule has 0 radical (unpaired) electrons. The van der Waals surface area contributed by atoms with Gasteiger partial charge in [-0.05, 0) is 45.4 Å². The van der Waals surface area contributed by atoms with Crippen molar-refractivity contribution in [3.05, 3.63) is 64.3 Å². The minimum absolute atomic E-state index is 0.205. The van der Waals surface area contributed by atoms with E-state index < -0.39 is 11.5 Å². The molecule has 0 aliphatic carbocycles. The molecule has 0 atom stereocenters. The van der Waals surface area contributed by atoms with Crippen molar-refractivity contribution in [3.8, 4) is 5.13 Å². The van der Waals surface area contributed by atoms with E-state index in [0.29, 0.717) is 37.0 Å². The Morgan fingerprint density at radius 1 is 1.05 bits per heavy atom. The number of imidazole rings is 1. The summed E-state index contributed by atoms with van der Waals surface area (Å²) in [5, 5.41) is 4.99. The topological polar surface area (TPSA) is 115 Å². The number of aromatic nitrogens is 4. The van der Waals surface area contributed by atoms with E-state index in [-0.39, 0.29) is 17.5 Å². The van der Waals surface area contributed by atoms with E-state index in [9.17, 15) is 14.4 Å². The van der Waals surface area contributed by atoms with Crippen LogP contribution in [0.3, 0.4) is 0 Å². The number of benzene rings is 1. The molecule has 11 nitrogen and oxygen atoms in total. The minimum Gasteiger partial charge on any atom is -0.444 e. The molecule has 1 fully saturated rings. The van der Waals surface area contributed by atoms with Gasteiger partial charge in [0.1, 0.15) is 11.3 Å². The van der Waals surface area contributed by atoms with Crippen LogP contribution in [0.15, 0.2) is 52.9 Å². The predicted molar refractivity (Wildman–Crippen MR) is 151 cm³/mol. The Morgan fingerprint density at radius 2 is 1.82 bits per heavy atom. The molecule has 1 aliphatic rings. The number of nitrogens with one attached hydrogen (secondary N) is 1. The number of nitrogens with zero attached hydrogens (tertiary/aromatic N) is 6. The van der Waals surface area contributed by atoms with Gasteiger partial charge in [-0.1, -0.05) is 12.1 Å². The van der Waals surface area contributed by atoms with Gasteiger partial charge in [-0.15, -0.1) is 11.3 Å². The first-order valence-electron chi connectivity index (χ1n) is 12.7. The Balaban J connectivity index is 1.33. The molecule has 1 saturated heterocycles. The highest BCUT2D eigenvalue weighted by molar-refractivity contribution is 7.12. The van der Waals surface area contributed by atoms with E-state index in [1.807, 2.05) is 51.1 Å². The fourth-order valence-corrected chi connectivity index (χ4v) is 5.37. The third kappa shape index (κ3) is 5.51. The Kier molecular flexibility index (Phi) is 7.13. The van der Waals surface area contributed by atoms with Crippen LogP contribution in [-0.2, 0) is 11.8 Å². The normalized spacial score (nSPS) is 14.4. The zero-order chi connectivity index (χ0) is 27.7. The van der Waals surface area contributed by atoms with Crippen molar-refractivity contribution in [1.29, 1.82) is 0 Å². The van der Waals surface area contributed by atoms with Gasteiger partial charge in [-0.3, -0.25) is 14.3 Å². The monoisotopic (exact) mass is 549 g/mol. The van der Waals surface area contributed by atoms with Crippen molar-refractivity contribution < 1.29 is 14.3 Å². The summed E-state index contributed by atoms with van der Waals surface area (Å²) >= 11 is 1.23. The summed E-state index contributed by atoms with van der Waals surface area (Å²) in [4.78, 5) is 51.2. The van der Waals surface area contributed by atoms with Gasteiger partial charge in [0.05, 0.1) is 28.6 Å². The lowest BCUT2D eigenvalue weighted by molar-refractivity contribution is 0.0263. The molecule has 3 aromatic heterocycles. The summed E-state index contributed by atoms with van der Waals surface area (Å²) < 4.78 is 8.61. The number of amides is 2. The smallest absolute Gasteiger partial charge is 0.410 e. The van der Waals surface area contributed by atoms with E-state index in [1.54, 1.807) is 34.3 Å². The highest BCUT2D eigenvalue weighted by Crippen LogP contribution is 2.27. The number of carbonyl (C=O) groups excluding carboxylic acids is 2. The second-order valence-corrected chi connectivity index (χ2v) is 11.2. The van der Waals surface area contributed by atoms with Crippen molar-refractivity contribution in [2.45, 2.75) is 32.8 Å². The van der Waals surface area contributed by atoms with E-state index in [1.165, 1.54) is 15.9 Å². The summed E-state index contributed by atoms with van der Waals surface area (Å²) in [6.45, 7) is 7.94. The molecule has 1 N–H and O–H groups in total. The molecule has 0 unspecified atom stereocenters. The molecule has 1 aliphatic heterocycles. The molecule has 0 saturated carbocycles. The molecule has 4 aromatic rings. The Hall–Kier alpha value is -4.19. The van der Waals surface area contributed by atoms with Crippen molar-refractivity contribution in [2.75, 3.05) is 36.4 Å². The number of ether oxygens (including phenoxy) is 1. The number of thiazole rings is 1. The van der Waals surface area contributed by atoms with Gasteiger partial charge in [0.25, 0.3) is 5.91 Å². The molecule has 1 aromatic carbocycles. The number of para-hydroxylation sites is 2. The van der Waals surface area contributed by atoms with Gasteiger partial charge in [-0.25, -0.2) is 19.1 Å². The van der Waals surface area contributed by atoms with Gasteiger partial charge in [0, 0.05) is 44.8 Å². The number of hydrogen-bond acceptors (Lipinski definition) is 8. The molecule has 0 spiro atoms. The Morgan fingerprint density at radius 3 is 2.59 bits per heavy atom. The van der Waals surface area contributed by atoms with Crippen molar-refractivity contribution in [3.63, 3.8) is 0 Å². The zero-order valence-corrected chi connectivity index (χ0v) is 23.2. The molecule has 5 rings (SSSR count). The van der Waals surface area contributed by atoms with Crippen LogP contribution in [0.4, 0.5) is 16.2 Å². The predicted octanol–water partition coefficient (Wildman–Crippen LogP) is 3.88. The van der Waals surface area contributed by atoms with Crippen LogP contribution in [0.2, 0.25) is 0 Å². The number of carbonyl (C=O) groups is 2. The van der Waals surface area contributed by atoms with Crippen LogP contribution < -0.4 is 15.9 Å². The molecule has 39 heavy (non-hydrogen) atoms. The van der Waals surface area contributed by atoms with Crippen LogP contribution in [0.25, 0.3) is 16.2 Å². The van der Waals surface area contributed by atoms with E-state index in [0.717, 1.165) is 23.1 Å². The van der Waals surface area contributed by atoms with Crippen LogP contribution in [0.5, 0.6) is 0 Å². The molecule has 12 heteroatoms. The fraction of sp³-hybridized carbons (Fsp3) is 0.370. The summed E-state index contributed by atoms with van der Waals surface area (Å²) in [7, 11) is 1.71. The average Bonchev–Trinajstić information content (AvgIpc) is 3.37. The maximum absolute atomic E-state index is 13.2. The highest BCUT2D eigenvalue weighted by Gasteiger charge is 2.26. The minimum atomic E-state index is -0.553. The molecular weight excluding hydrogens is 518 g/mol. The standard InChI is InChI=1S/C27H31N7O4S/c1-27(2,3)38-26(37)33-13-7-12-32(14-15-33)20-10-11-28-16-18(20)29-23(35)19-17-39-24(30-19)34-22-9-6-5-8-21(22)31(4)25(34)36/h5-6,8-11,16-17H,7,12-15H2,1-4H3,(H,29,35). The highest BCUT2D eigenvalue weighted by atomic mass is 32.1. The molecular formula is C27H31N7O4S. The van der Waals surface area contributed by atoms with Crippen molar-refractivity contribution in [1.82, 2.24) is 24.0 Å². The molecule has 4 heterocycles. The summed E-state index contributed by atoms with van der Waals surface area (Å²) in [6.07, 6.45) is 3.71. The zero-order valence-electron chi connectivity index (χ0n) is 22.4. The lowest BCUT2D eigenvalue weighted by atomic mass is 10.2. The third-order valence-corrected chi connectivity index (χ3v) is 7.24. The fourth-order valence-electron chi connectivity index (χ4n) is 4.56. The first-order valence-corrected chi connectivity index (χ1v) is 13.6. The number of hydrogen-bond donors (Lipinski definition) is 1. The van der Waals surface area contributed by atoms with E-state index >= 15 is 0 Å².